The summed E-state index contributed by atoms with van der Waals surface area (Å²) in [6.45, 7) is 4.79. The maximum atomic E-state index is 12.9. The summed E-state index contributed by atoms with van der Waals surface area (Å²) in [6, 6.07) is 20.8. The Morgan fingerprint density at radius 1 is 0.947 bits per heavy atom. The SMILES string of the molecule is Cc1ccccc1C(=O)N1CCN(c2ccc(NC(=S)NC(=O)c3sc4cc(Cl)ccc4c3Cl)cc2)CC1. The third-order valence-corrected chi connectivity index (χ3v) is 8.55. The molecule has 5 rings (SSSR count). The minimum absolute atomic E-state index is 0.0820. The Balaban J connectivity index is 1.15. The molecule has 0 radical (unpaired) electrons. The summed E-state index contributed by atoms with van der Waals surface area (Å²) in [7, 11) is 0. The molecule has 1 saturated heterocycles. The molecule has 0 bridgehead atoms. The van der Waals surface area contributed by atoms with E-state index in [1.165, 1.54) is 11.3 Å². The molecule has 6 nitrogen and oxygen atoms in total. The number of carbonyl (C=O) groups excluding carboxylic acids is 2. The molecular weight excluding hydrogens is 559 g/mol. The van der Waals surface area contributed by atoms with Crippen LogP contribution >= 0.6 is 46.8 Å². The van der Waals surface area contributed by atoms with Gasteiger partial charge in [0.05, 0.1) is 5.02 Å². The summed E-state index contributed by atoms with van der Waals surface area (Å²) in [5, 5.41) is 7.67. The van der Waals surface area contributed by atoms with Gasteiger partial charge in [0.2, 0.25) is 0 Å². The maximum absolute atomic E-state index is 12.9. The zero-order valence-electron chi connectivity index (χ0n) is 20.5. The van der Waals surface area contributed by atoms with E-state index in [2.05, 4.69) is 15.5 Å². The Morgan fingerprint density at radius 3 is 2.37 bits per heavy atom. The number of piperazine rings is 1. The van der Waals surface area contributed by atoms with Gasteiger partial charge in [-0.2, -0.15) is 0 Å². The number of nitrogens with zero attached hydrogens (tertiary/aromatic N) is 2. The summed E-state index contributed by atoms with van der Waals surface area (Å²) in [6.07, 6.45) is 0. The average Bonchev–Trinajstić information content (AvgIpc) is 3.24. The third kappa shape index (κ3) is 5.63. The number of hydrogen-bond donors (Lipinski definition) is 2. The van der Waals surface area contributed by atoms with E-state index in [1.54, 1.807) is 18.2 Å². The van der Waals surface area contributed by atoms with Gasteiger partial charge in [-0.05, 0) is 67.2 Å². The molecule has 38 heavy (non-hydrogen) atoms. The number of carbonyl (C=O) groups is 2. The van der Waals surface area contributed by atoms with Gasteiger partial charge in [-0.1, -0.05) is 47.5 Å². The van der Waals surface area contributed by atoms with E-state index < -0.39 is 0 Å². The van der Waals surface area contributed by atoms with Crippen LogP contribution < -0.4 is 15.5 Å². The van der Waals surface area contributed by atoms with E-state index >= 15 is 0 Å². The highest BCUT2D eigenvalue weighted by Gasteiger charge is 2.23. The fourth-order valence-electron chi connectivity index (χ4n) is 4.41. The first-order valence-corrected chi connectivity index (χ1v) is 14.0. The molecule has 194 valence electrons. The molecular formula is C28H24Cl2N4O2S2. The number of benzene rings is 3. The van der Waals surface area contributed by atoms with Crippen LogP contribution in [0.15, 0.2) is 66.7 Å². The van der Waals surface area contributed by atoms with Crippen molar-refractivity contribution in [3.05, 3.63) is 92.8 Å². The number of thiophene rings is 1. The molecule has 10 heteroatoms. The minimum Gasteiger partial charge on any atom is -0.368 e. The van der Waals surface area contributed by atoms with E-state index in [4.69, 9.17) is 35.4 Å². The first-order valence-electron chi connectivity index (χ1n) is 12.0. The summed E-state index contributed by atoms with van der Waals surface area (Å²) in [5.74, 6) is -0.293. The summed E-state index contributed by atoms with van der Waals surface area (Å²) in [5.41, 5.74) is 3.57. The van der Waals surface area contributed by atoms with Crippen molar-refractivity contribution >= 4 is 85.1 Å². The van der Waals surface area contributed by atoms with Gasteiger partial charge in [-0.3, -0.25) is 14.9 Å². The second-order valence-corrected chi connectivity index (χ2v) is 11.2. The van der Waals surface area contributed by atoms with E-state index in [9.17, 15) is 9.59 Å². The second-order valence-electron chi connectivity index (χ2n) is 8.93. The molecule has 3 aromatic carbocycles. The number of anilines is 2. The quantitative estimate of drug-likeness (QED) is 0.265. The molecule has 0 unspecified atom stereocenters. The van der Waals surface area contributed by atoms with Gasteiger partial charge in [-0.25, -0.2) is 0 Å². The predicted octanol–water partition coefficient (Wildman–Crippen LogP) is 6.61. The van der Waals surface area contributed by atoms with Crippen molar-refractivity contribution in [1.82, 2.24) is 10.2 Å². The number of halogens is 2. The van der Waals surface area contributed by atoms with Gasteiger partial charge in [-0.15, -0.1) is 11.3 Å². The van der Waals surface area contributed by atoms with E-state index in [0.29, 0.717) is 28.0 Å². The van der Waals surface area contributed by atoms with Crippen molar-refractivity contribution in [3.63, 3.8) is 0 Å². The lowest BCUT2D eigenvalue weighted by atomic mass is 10.1. The van der Waals surface area contributed by atoms with Crippen molar-refractivity contribution in [2.75, 3.05) is 36.4 Å². The summed E-state index contributed by atoms with van der Waals surface area (Å²) < 4.78 is 0.836. The van der Waals surface area contributed by atoms with Crippen molar-refractivity contribution in [3.8, 4) is 0 Å². The lowest BCUT2D eigenvalue weighted by Gasteiger charge is -2.36. The first kappa shape index (κ1) is 26.4. The topological polar surface area (TPSA) is 64.7 Å². The Bertz CT molecular complexity index is 1530. The van der Waals surface area contributed by atoms with Crippen LogP contribution in [0.4, 0.5) is 11.4 Å². The smallest absolute Gasteiger partial charge is 0.269 e. The van der Waals surface area contributed by atoms with Gasteiger partial charge >= 0.3 is 0 Å². The van der Waals surface area contributed by atoms with Crippen LogP contribution in [0.25, 0.3) is 10.1 Å². The van der Waals surface area contributed by atoms with Gasteiger partial charge in [0.1, 0.15) is 4.88 Å². The van der Waals surface area contributed by atoms with Crippen LogP contribution in [0.5, 0.6) is 0 Å². The van der Waals surface area contributed by atoms with Gasteiger partial charge < -0.3 is 15.1 Å². The standard InChI is InChI=1S/C28H24Cl2N4O2S2/c1-17-4-2-3-5-21(17)27(36)34-14-12-33(13-15-34)20-9-7-19(8-10-20)31-28(37)32-26(35)25-24(30)22-11-6-18(29)16-23(22)38-25/h2-11,16H,12-15H2,1H3,(H2,31,32,35,37). The van der Waals surface area contributed by atoms with Crippen LogP contribution in [0.3, 0.4) is 0 Å². The lowest BCUT2D eigenvalue weighted by molar-refractivity contribution is 0.0746. The number of thiocarbonyl (C=S) groups is 1. The maximum Gasteiger partial charge on any atom is 0.269 e. The van der Waals surface area contributed by atoms with E-state index in [1.807, 2.05) is 60.4 Å². The van der Waals surface area contributed by atoms with Gasteiger partial charge in [0, 0.05) is 58.2 Å². The first-order chi connectivity index (χ1) is 18.3. The molecule has 1 aliphatic rings. The van der Waals surface area contributed by atoms with Crippen LogP contribution in [0.1, 0.15) is 25.6 Å². The van der Waals surface area contributed by atoms with Gasteiger partial charge in [0.25, 0.3) is 11.8 Å². The number of aryl methyl sites for hydroxylation is 1. The zero-order valence-corrected chi connectivity index (χ0v) is 23.6. The molecule has 2 N–H and O–H groups in total. The fraction of sp³-hybridized carbons (Fsp3) is 0.179. The molecule has 0 atom stereocenters. The normalized spacial score (nSPS) is 13.4. The highest BCUT2D eigenvalue weighted by atomic mass is 35.5. The summed E-state index contributed by atoms with van der Waals surface area (Å²) in [4.78, 5) is 30.2. The van der Waals surface area contributed by atoms with E-state index in [-0.39, 0.29) is 16.9 Å². The van der Waals surface area contributed by atoms with Crippen LogP contribution in [-0.4, -0.2) is 48.0 Å². The number of nitrogens with one attached hydrogen (secondary N) is 2. The lowest BCUT2D eigenvalue weighted by Crippen LogP contribution is -2.48. The molecule has 2 amide bonds. The minimum atomic E-state index is -0.375. The Hall–Kier alpha value is -3.17. The predicted molar refractivity (Wildman–Crippen MR) is 161 cm³/mol. The Morgan fingerprint density at radius 2 is 1.66 bits per heavy atom. The monoisotopic (exact) mass is 582 g/mol. The van der Waals surface area contributed by atoms with Crippen molar-refractivity contribution in [2.24, 2.45) is 0 Å². The fourth-order valence-corrected chi connectivity index (χ4v) is 6.31. The molecule has 2 heterocycles. The third-order valence-electron chi connectivity index (χ3n) is 6.46. The second kappa shape index (κ2) is 11.3. The van der Waals surface area contributed by atoms with Crippen molar-refractivity contribution in [1.29, 1.82) is 0 Å². The Kier molecular flexibility index (Phi) is 7.85. The largest absolute Gasteiger partial charge is 0.368 e. The zero-order chi connectivity index (χ0) is 26.8. The molecule has 4 aromatic rings. The molecule has 1 aromatic heterocycles. The van der Waals surface area contributed by atoms with Crippen LogP contribution in [-0.2, 0) is 0 Å². The molecule has 0 saturated carbocycles. The highest BCUT2D eigenvalue weighted by molar-refractivity contribution is 7.80. The van der Waals surface area contributed by atoms with Crippen molar-refractivity contribution < 1.29 is 9.59 Å². The number of fused-ring (bicyclic) bond motifs is 1. The molecule has 1 aliphatic heterocycles. The summed E-state index contributed by atoms with van der Waals surface area (Å²) >= 11 is 19.1. The number of amides is 2. The van der Waals surface area contributed by atoms with Crippen LogP contribution in [0.2, 0.25) is 10.0 Å². The van der Waals surface area contributed by atoms with Crippen molar-refractivity contribution in [2.45, 2.75) is 6.92 Å². The Labute approximate surface area is 240 Å². The van der Waals surface area contributed by atoms with E-state index in [0.717, 1.165) is 45.7 Å². The average molecular weight is 584 g/mol. The van der Waals surface area contributed by atoms with Gasteiger partial charge in [0.15, 0.2) is 5.11 Å². The molecule has 0 spiro atoms. The number of hydrogen-bond acceptors (Lipinski definition) is 5. The van der Waals surface area contributed by atoms with Crippen LogP contribution in [0, 0.1) is 6.92 Å². The number of rotatable bonds is 4. The molecule has 1 fully saturated rings. The molecule has 0 aliphatic carbocycles. The highest BCUT2D eigenvalue weighted by Crippen LogP contribution is 2.36.